The molecule has 0 radical (unpaired) electrons. The molecule has 0 aliphatic carbocycles. The van der Waals surface area contributed by atoms with Crippen LogP contribution in [0.2, 0.25) is 0 Å². The Morgan fingerprint density at radius 2 is 1.69 bits per heavy atom. The summed E-state index contributed by atoms with van der Waals surface area (Å²) < 4.78 is 16.1. The van der Waals surface area contributed by atoms with Crippen molar-refractivity contribution < 1.29 is 23.5 Å². The van der Waals surface area contributed by atoms with Gasteiger partial charge >= 0.3 is 11.6 Å². The minimum atomic E-state index is -0.465. The number of esters is 1. The lowest BCUT2D eigenvalue weighted by atomic mass is 9.92. The summed E-state index contributed by atoms with van der Waals surface area (Å²) in [5.41, 5.74) is 5.45. The highest BCUT2D eigenvalue weighted by Crippen LogP contribution is 2.25. The Balaban J connectivity index is 1.74. The van der Waals surface area contributed by atoms with Gasteiger partial charge in [0.2, 0.25) is 0 Å². The molecular formula is C26H28O6. The lowest BCUT2D eigenvalue weighted by Crippen LogP contribution is -2.14. The van der Waals surface area contributed by atoms with Crippen LogP contribution in [0.3, 0.4) is 0 Å². The van der Waals surface area contributed by atoms with Crippen LogP contribution in [0.15, 0.2) is 33.5 Å². The first-order valence-electron chi connectivity index (χ1n) is 10.5. The van der Waals surface area contributed by atoms with Gasteiger partial charge in [0.15, 0.2) is 5.78 Å². The SMILES string of the molecule is COc1ccc2c(C)c(CCC(=O)OCc3c(C)cc(C)c(C(C)=O)c3C)c(=O)oc2c1. The third-order valence-corrected chi connectivity index (χ3v) is 5.93. The van der Waals surface area contributed by atoms with Crippen molar-refractivity contribution in [2.45, 2.75) is 54.1 Å². The van der Waals surface area contributed by atoms with Crippen LogP contribution in [0.1, 0.15) is 57.1 Å². The quantitative estimate of drug-likeness (QED) is 0.297. The third kappa shape index (κ3) is 4.59. The minimum Gasteiger partial charge on any atom is -0.497 e. The highest BCUT2D eigenvalue weighted by Gasteiger charge is 2.17. The van der Waals surface area contributed by atoms with Gasteiger partial charge in [-0.2, -0.15) is 0 Å². The van der Waals surface area contributed by atoms with Crippen molar-refractivity contribution in [2.24, 2.45) is 0 Å². The van der Waals surface area contributed by atoms with Gasteiger partial charge in [0.25, 0.3) is 0 Å². The monoisotopic (exact) mass is 436 g/mol. The molecule has 0 aliphatic heterocycles. The maximum atomic E-state index is 12.5. The molecule has 0 aliphatic rings. The molecule has 1 aromatic heterocycles. The smallest absolute Gasteiger partial charge is 0.339 e. The molecular weight excluding hydrogens is 408 g/mol. The lowest BCUT2D eigenvalue weighted by Gasteiger charge is -2.16. The number of carbonyl (C=O) groups excluding carboxylic acids is 2. The number of methoxy groups -OCH3 is 1. The van der Waals surface area contributed by atoms with Gasteiger partial charge in [0.05, 0.1) is 7.11 Å². The van der Waals surface area contributed by atoms with Crippen LogP contribution < -0.4 is 10.4 Å². The van der Waals surface area contributed by atoms with Gasteiger partial charge in [0, 0.05) is 29.0 Å². The topological polar surface area (TPSA) is 82.8 Å². The molecule has 0 bridgehead atoms. The third-order valence-electron chi connectivity index (χ3n) is 5.93. The second-order valence-corrected chi connectivity index (χ2v) is 8.06. The van der Waals surface area contributed by atoms with E-state index in [2.05, 4.69) is 0 Å². The summed E-state index contributed by atoms with van der Waals surface area (Å²) in [6.45, 7) is 9.18. The van der Waals surface area contributed by atoms with E-state index in [-0.39, 0.29) is 25.2 Å². The second-order valence-electron chi connectivity index (χ2n) is 8.06. The fourth-order valence-electron chi connectivity index (χ4n) is 4.23. The molecule has 0 unspecified atom stereocenters. The molecule has 168 valence electrons. The van der Waals surface area contributed by atoms with E-state index in [0.717, 1.165) is 33.2 Å². The maximum absolute atomic E-state index is 12.5. The van der Waals surface area contributed by atoms with E-state index in [1.165, 1.54) is 6.92 Å². The van der Waals surface area contributed by atoms with Crippen molar-refractivity contribution in [1.82, 2.24) is 0 Å². The molecule has 0 spiro atoms. The highest BCUT2D eigenvalue weighted by molar-refractivity contribution is 5.97. The number of rotatable bonds is 7. The molecule has 0 saturated carbocycles. The first-order chi connectivity index (χ1) is 15.1. The molecule has 0 fully saturated rings. The average molecular weight is 437 g/mol. The first kappa shape index (κ1) is 23.3. The molecule has 32 heavy (non-hydrogen) atoms. The van der Waals surface area contributed by atoms with Crippen molar-refractivity contribution in [3.05, 3.63) is 73.6 Å². The number of benzene rings is 2. The summed E-state index contributed by atoms with van der Waals surface area (Å²) in [6.07, 6.45) is 0.274. The number of fused-ring (bicyclic) bond motifs is 1. The maximum Gasteiger partial charge on any atom is 0.339 e. The van der Waals surface area contributed by atoms with Crippen LogP contribution in [0, 0.1) is 27.7 Å². The van der Waals surface area contributed by atoms with Gasteiger partial charge in [0.1, 0.15) is 17.9 Å². The molecule has 0 atom stereocenters. The van der Waals surface area contributed by atoms with Gasteiger partial charge in [-0.15, -0.1) is 0 Å². The zero-order valence-corrected chi connectivity index (χ0v) is 19.4. The normalized spacial score (nSPS) is 10.9. The van der Waals surface area contributed by atoms with Crippen molar-refractivity contribution >= 4 is 22.7 Å². The minimum absolute atomic E-state index is 0.0105. The molecule has 6 heteroatoms. The molecule has 2 aromatic carbocycles. The molecule has 3 aromatic rings. The largest absolute Gasteiger partial charge is 0.497 e. The molecule has 0 amide bonds. The zero-order valence-electron chi connectivity index (χ0n) is 19.4. The predicted molar refractivity (Wildman–Crippen MR) is 123 cm³/mol. The van der Waals surface area contributed by atoms with Crippen LogP contribution in [-0.4, -0.2) is 18.9 Å². The summed E-state index contributed by atoms with van der Waals surface area (Å²) in [6, 6.07) is 7.24. The molecule has 1 heterocycles. The van der Waals surface area contributed by atoms with E-state index in [9.17, 15) is 14.4 Å². The molecule has 0 N–H and O–H groups in total. The van der Waals surface area contributed by atoms with Gasteiger partial charge in [-0.1, -0.05) is 6.07 Å². The number of carbonyl (C=O) groups is 2. The molecule has 6 nitrogen and oxygen atoms in total. The Kier molecular flexibility index (Phi) is 6.82. The molecule has 3 rings (SSSR count). The predicted octanol–water partition coefficient (Wildman–Crippen LogP) is 4.91. The number of Topliss-reactive ketones (excluding diaryl/α,β-unsaturated/α-hetero) is 1. The lowest BCUT2D eigenvalue weighted by molar-refractivity contribution is -0.144. The Hall–Kier alpha value is -3.41. The van der Waals surface area contributed by atoms with Crippen molar-refractivity contribution in [2.75, 3.05) is 7.11 Å². The summed E-state index contributed by atoms with van der Waals surface area (Å²) in [7, 11) is 1.55. The van der Waals surface area contributed by atoms with Gasteiger partial charge in [-0.25, -0.2) is 4.79 Å². The average Bonchev–Trinajstić information content (AvgIpc) is 2.72. The van der Waals surface area contributed by atoms with E-state index >= 15 is 0 Å². The fourth-order valence-corrected chi connectivity index (χ4v) is 4.23. The summed E-state index contributed by atoms with van der Waals surface area (Å²) in [5.74, 6) is 0.178. The summed E-state index contributed by atoms with van der Waals surface area (Å²) >= 11 is 0. The Morgan fingerprint density at radius 3 is 2.34 bits per heavy atom. The highest BCUT2D eigenvalue weighted by atomic mass is 16.5. The Morgan fingerprint density at radius 1 is 0.969 bits per heavy atom. The Labute approximate surface area is 187 Å². The van der Waals surface area contributed by atoms with Crippen molar-refractivity contribution in [3.63, 3.8) is 0 Å². The summed E-state index contributed by atoms with van der Waals surface area (Å²) in [5, 5.41) is 0.802. The summed E-state index contributed by atoms with van der Waals surface area (Å²) in [4.78, 5) is 36.9. The van der Waals surface area contributed by atoms with Crippen LogP contribution in [0.5, 0.6) is 5.75 Å². The van der Waals surface area contributed by atoms with E-state index < -0.39 is 11.6 Å². The second kappa shape index (κ2) is 9.39. The van der Waals surface area contributed by atoms with Crippen molar-refractivity contribution in [3.8, 4) is 5.75 Å². The van der Waals surface area contributed by atoms with E-state index in [1.807, 2.05) is 39.8 Å². The van der Waals surface area contributed by atoms with Gasteiger partial charge in [-0.3, -0.25) is 9.59 Å². The number of hydrogen-bond acceptors (Lipinski definition) is 6. The molecule has 0 saturated heterocycles. The number of aryl methyl sites for hydroxylation is 3. The number of hydrogen-bond donors (Lipinski definition) is 0. The number of ether oxygens (including phenoxy) is 2. The Bertz CT molecular complexity index is 1270. The fraction of sp³-hybridized carbons (Fsp3) is 0.346. The van der Waals surface area contributed by atoms with E-state index in [4.69, 9.17) is 13.9 Å². The van der Waals surface area contributed by atoms with Crippen LogP contribution in [0.25, 0.3) is 11.0 Å². The van der Waals surface area contributed by atoms with E-state index in [0.29, 0.717) is 22.5 Å². The van der Waals surface area contributed by atoms with Crippen LogP contribution in [0.4, 0.5) is 0 Å². The first-order valence-corrected chi connectivity index (χ1v) is 10.5. The van der Waals surface area contributed by atoms with Crippen LogP contribution in [-0.2, 0) is 22.6 Å². The van der Waals surface area contributed by atoms with Crippen LogP contribution >= 0.6 is 0 Å². The standard InChI is InChI=1S/C26H28O6/c1-14-11-15(2)25(18(5)27)17(4)22(14)13-31-24(28)10-9-21-16(3)20-8-7-19(30-6)12-23(20)32-26(21)29/h7-8,11-12H,9-10,13H2,1-6H3. The van der Waals surface area contributed by atoms with Gasteiger partial charge < -0.3 is 13.9 Å². The number of ketones is 1. The van der Waals surface area contributed by atoms with Crippen molar-refractivity contribution in [1.29, 1.82) is 0 Å². The van der Waals surface area contributed by atoms with E-state index in [1.54, 1.807) is 19.2 Å². The van der Waals surface area contributed by atoms with Gasteiger partial charge in [-0.05, 0) is 81.0 Å². The zero-order chi connectivity index (χ0) is 23.6.